The summed E-state index contributed by atoms with van der Waals surface area (Å²) in [5, 5.41) is 7.91. The SMILES string of the molecule is C[C@@H]1CN(C(=O)n2nnn(-c3cccc(Cl)c3)c2=O)C[C@H](C)O1. The maximum Gasteiger partial charge on any atom is 0.377 e. The molecule has 122 valence electrons. The van der Waals surface area contributed by atoms with Crippen LogP contribution in [0, 0.1) is 0 Å². The molecule has 1 aromatic carbocycles. The van der Waals surface area contributed by atoms with Crippen molar-refractivity contribution in [3.63, 3.8) is 0 Å². The van der Waals surface area contributed by atoms with E-state index in [4.69, 9.17) is 16.3 Å². The van der Waals surface area contributed by atoms with Gasteiger partial charge < -0.3 is 9.64 Å². The predicted molar refractivity (Wildman–Crippen MR) is 83.0 cm³/mol. The number of rotatable bonds is 1. The van der Waals surface area contributed by atoms with E-state index in [1.165, 1.54) is 4.90 Å². The molecule has 23 heavy (non-hydrogen) atoms. The van der Waals surface area contributed by atoms with Gasteiger partial charge in [-0.3, -0.25) is 0 Å². The van der Waals surface area contributed by atoms with Gasteiger partial charge >= 0.3 is 11.7 Å². The van der Waals surface area contributed by atoms with Crippen LogP contribution >= 0.6 is 11.6 Å². The minimum Gasteiger partial charge on any atom is -0.372 e. The highest BCUT2D eigenvalue weighted by Crippen LogP contribution is 2.13. The fraction of sp³-hybridized carbons (Fsp3) is 0.429. The number of hydrogen-bond donors (Lipinski definition) is 0. The third kappa shape index (κ3) is 3.13. The number of hydrogen-bond acceptors (Lipinski definition) is 5. The molecule has 2 aromatic rings. The first-order chi connectivity index (χ1) is 11.0. The van der Waals surface area contributed by atoms with Crippen molar-refractivity contribution >= 4 is 17.6 Å². The van der Waals surface area contributed by atoms with E-state index in [0.29, 0.717) is 23.8 Å². The summed E-state index contributed by atoms with van der Waals surface area (Å²) in [6.45, 7) is 4.56. The molecule has 0 bridgehead atoms. The molecule has 1 aliphatic rings. The quantitative estimate of drug-likeness (QED) is 0.729. The highest BCUT2D eigenvalue weighted by molar-refractivity contribution is 6.30. The standard InChI is InChI=1S/C14H16ClN5O3/c1-9-7-18(8-10(2)23-9)13(21)20-14(22)19(16-17-20)12-5-3-4-11(15)6-12/h3-6,9-10H,7-8H2,1-2H3/t9-,10+. The van der Waals surface area contributed by atoms with Crippen molar-refractivity contribution in [2.45, 2.75) is 26.1 Å². The second kappa shape index (κ2) is 6.13. The van der Waals surface area contributed by atoms with Gasteiger partial charge in [-0.25, -0.2) is 9.59 Å². The summed E-state index contributed by atoms with van der Waals surface area (Å²) in [5.41, 5.74) is -0.186. The summed E-state index contributed by atoms with van der Waals surface area (Å²) in [6.07, 6.45) is -0.192. The molecule has 8 nitrogen and oxygen atoms in total. The molecule has 1 aliphatic heterocycles. The number of halogens is 1. The lowest BCUT2D eigenvalue weighted by atomic mass is 10.2. The van der Waals surface area contributed by atoms with E-state index >= 15 is 0 Å². The van der Waals surface area contributed by atoms with Crippen LogP contribution < -0.4 is 5.69 Å². The van der Waals surface area contributed by atoms with E-state index < -0.39 is 11.7 Å². The zero-order valence-electron chi connectivity index (χ0n) is 12.7. The van der Waals surface area contributed by atoms with Crippen LogP contribution in [0.5, 0.6) is 0 Å². The highest BCUT2D eigenvalue weighted by atomic mass is 35.5. The molecule has 2 atom stereocenters. The lowest BCUT2D eigenvalue weighted by Gasteiger charge is -2.34. The van der Waals surface area contributed by atoms with Crippen LogP contribution in [0.4, 0.5) is 4.79 Å². The second-order valence-electron chi connectivity index (χ2n) is 5.51. The van der Waals surface area contributed by atoms with E-state index in [9.17, 15) is 9.59 Å². The molecule has 2 heterocycles. The van der Waals surface area contributed by atoms with Gasteiger partial charge in [-0.15, -0.1) is 4.68 Å². The minimum absolute atomic E-state index is 0.0959. The van der Waals surface area contributed by atoms with Gasteiger partial charge in [-0.2, -0.15) is 4.68 Å². The molecule has 0 saturated carbocycles. The summed E-state index contributed by atoms with van der Waals surface area (Å²) < 4.78 is 7.38. The predicted octanol–water partition coefficient (Wildman–Crippen LogP) is 1.16. The van der Waals surface area contributed by atoms with Crippen molar-refractivity contribution in [3.05, 3.63) is 39.8 Å². The Labute approximate surface area is 137 Å². The maximum absolute atomic E-state index is 12.5. The maximum atomic E-state index is 12.5. The number of tetrazole rings is 1. The Morgan fingerprint density at radius 1 is 1.26 bits per heavy atom. The zero-order chi connectivity index (χ0) is 16.6. The summed E-state index contributed by atoms with van der Waals surface area (Å²) in [5.74, 6) is 0. The molecule has 0 spiro atoms. The molecule has 0 radical (unpaired) electrons. The number of morpholine rings is 1. The van der Waals surface area contributed by atoms with Crippen LogP contribution in [0.25, 0.3) is 5.69 Å². The number of ether oxygens (including phenoxy) is 1. The molecular weight excluding hydrogens is 322 g/mol. The summed E-state index contributed by atoms with van der Waals surface area (Å²) in [4.78, 5) is 26.5. The topological polar surface area (TPSA) is 82.3 Å². The molecule has 1 amide bonds. The van der Waals surface area contributed by atoms with Gasteiger partial charge in [-0.1, -0.05) is 17.7 Å². The monoisotopic (exact) mass is 337 g/mol. The molecule has 0 aliphatic carbocycles. The van der Waals surface area contributed by atoms with Gasteiger partial charge in [0.05, 0.1) is 17.9 Å². The number of benzene rings is 1. The molecule has 9 heteroatoms. The van der Waals surface area contributed by atoms with Crippen LogP contribution in [0.3, 0.4) is 0 Å². The molecule has 1 aromatic heterocycles. The lowest BCUT2D eigenvalue weighted by molar-refractivity contribution is -0.0547. The fourth-order valence-electron chi connectivity index (χ4n) is 2.60. The van der Waals surface area contributed by atoms with Gasteiger partial charge in [0.2, 0.25) is 0 Å². The zero-order valence-corrected chi connectivity index (χ0v) is 13.5. The average molecular weight is 338 g/mol. The number of nitrogens with zero attached hydrogens (tertiary/aromatic N) is 5. The van der Waals surface area contributed by atoms with E-state index in [1.807, 2.05) is 13.8 Å². The van der Waals surface area contributed by atoms with Gasteiger partial charge in [0.25, 0.3) is 0 Å². The van der Waals surface area contributed by atoms with Gasteiger partial charge in [0.1, 0.15) is 0 Å². The molecule has 0 unspecified atom stereocenters. The molecule has 0 N–H and O–H groups in total. The Morgan fingerprint density at radius 2 is 1.96 bits per heavy atom. The van der Waals surface area contributed by atoms with Crippen molar-refractivity contribution in [3.8, 4) is 5.69 Å². The van der Waals surface area contributed by atoms with Crippen LogP contribution in [-0.4, -0.2) is 56.0 Å². The van der Waals surface area contributed by atoms with Gasteiger partial charge in [0.15, 0.2) is 0 Å². The third-order valence-corrected chi connectivity index (χ3v) is 3.74. The van der Waals surface area contributed by atoms with Crippen molar-refractivity contribution in [2.24, 2.45) is 0 Å². The Bertz CT molecular complexity index is 777. The van der Waals surface area contributed by atoms with Crippen molar-refractivity contribution in [1.82, 2.24) is 24.7 Å². The normalized spacial score (nSPS) is 21.4. The van der Waals surface area contributed by atoms with E-state index in [-0.39, 0.29) is 12.2 Å². The first-order valence-electron chi connectivity index (χ1n) is 7.21. The van der Waals surface area contributed by atoms with Crippen LogP contribution in [0.2, 0.25) is 5.02 Å². The minimum atomic E-state index is -0.635. The summed E-state index contributed by atoms with van der Waals surface area (Å²) >= 11 is 5.91. The van der Waals surface area contributed by atoms with Crippen molar-refractivity contribution in [2.75, 3.05) is 13.1 Å². The summed E-state index contributed by atoms with van der Waals surface area (Å²) in [6, 6.07) is 6.10. The lowest BCUT2D eigenvalue weighted by Crippen LogP contribution is -2.51. The van der Waals surface area contributed by atoms with Gasteiger partial charge in [0, 0.05) is 18.1 Å². The average Bonchev–Trinajstić information content (AvgIpc) is 2.87. The first-order valence-corrected chi connectivity index (χ1v) is 7.59. The molecular formula is C14H16ClN5O3. The smallest absolute Gasteiger partial charge is 0.372 e. The highest BCUT2D eigenvalue weighted by Gasteiger charge is 2.29. The van der Waals surface area contributed by atoms with Gasteiger partial charge in [-0.05, 0) is 42.5 Å². The van der Waals surface area contributed by atoms with E-state index in [1.54, 1.807) is 24.3 Å². The van der Waals surface area contributed by atoms with E-state index in [0.717, 1.165) is 9.36 Å². The third-order valence-electron chi connectivity index (χ3n) is 3.51. The molecule has 1 saturated heterocycles. The Morgan fingerprint density at radius 3 is 2.61 bits per heavy atom. The number of amides is 1. The van der Waals surface area contributed by atoms with E-state index in [2.05, 4.69) is 10.4 Å². The van der Waals surface area contributed by atoms with Crippen molar-refractivity contribution in [1.29, 1.82) is 0 Å². The van der Waals surface area contributed by atoms with Crippen molar-refractivity contribution < 1.29 is 9.53 Å². The Hall–Kier alpha value is -2.19. The molecule has 1 fully saturated rings. The number of carbonyl (C=O) groups excluding carboxylic acids is 1. The van der Waals surface area contributed by atoms with Crippen LogP contribution in [-0.2, 0) is 4.74 Å². The Kier molecular flexibility index (Phi) is 4.18. The largest absolute Gasteiger partial charge is 0.377 e. The van der Waals surface area contributed by atoms with Crippen LogP contribution in [0.1, 0.15) is 13.8 Å². The number of carbonyl (C=O) groups is 1. The van der Waals surface area contributed by atoms with Crippen LogP contribution in [0.15, 0.2) is 29.1 Å². The number of aromatic nitrogens is 4. The molecule has 3 rings (SSSR count). The summed E-state index contributed by atoms with van der Waals surface area (Å²) in [7, 11) is 0. The Balaban J connectivity index is 1.90. The fourth-order valence-corrected chi connectivity index (χ4v) is 2.79. The second-order valence-corrected chi connectivity index (χ2v) is 5.95. The first kappa shape index (κ1) is 15.7.